The van der Waals surface area contributed by atoms with Gasteiger partial charge < -0.3 is 15.5 Å². The Bertz CT molecular complexity index is 124. The second-order valence-corrected chi connectivity index (χ2v) is 3.58. The zero-order chi connectivity index (χ0) is 7.83. The van der Waals surface area contributed by atoms with Gasteiger partial charge in [0.15, 0.2) is 0 Å². The molecule has 0 saturated carbocycles. The van der Waals surface area contributed by atoms with Crippen molar-refractivity contribution in [3.8, 4) is 0 Å². The molecule has 3 nitrogen and oxygen atoms in total. The number of aliphatic hydroxyl groups excluding tert-OH is 2. The molecular formula is C7H15NO2. The van der Waals surface area contributed by atoms with Crippen LogP contribution >= 0.6 is 0 Å². The highest BCUT2D eigenvalue weighted by atomic mass is 16.3. The molecule has 1 fully saturated rings. The van der Waals surface area contributed by atoms with E-state index in [1.54, 1.807) is 0 Å². The molecule has 3 heteroatoms. The van der Waals surface area contributed by atoms with Crippen LogP contribution in [0, 0.1) is 5.41 Å². The summed E-state index contributed by atoms with van der Waals surface area (Å²) in [5.41, 5.74) is -0.413. The predicted octanol–water partition coefficient (Wildman–Crippen LogP) is -0.661. The van der Waals surface area contributed by atoms with Gasteiger partial charge in [-0.15, -0.1) is 0 Å². The van der Waals surface area contributed by atoms with Crippen LogP contribution < -0.4 is 5.32 Å². The van der Waals surface area contributed by atoms with Crippen LogP contribution in [0.2, 0.25) is 0 Å². The van der Waals surface area contributed by atoms with Crippen molar-refractivity contribution < 1.29 is 10.2 Å². The van der Waals surface area contributed by atoms with Crippen LogP contribution in [-0.4, -0.2) is 35.5 Å². The Morgan fingerprint density at radius 3 is 1.80 bits per heavy atom. The first-order valence-electron chi connectivity index (χ1n) is 3.55. The quantitative estimate of drug-likeness (QED) is 0.483. The van der Waals surface area contributed by atoms with Crippen LogP contribution in [-0.2, 0) is 0 Å². The smallest absolute Gasteiger partial charge is 0.0539 e. The lowest BCUT2D eigenvalue weighted by molar-refractivity contribution is -0.0772. The summed E-state index contributed by atoms with van der Waals surface area (Å²) in [5.74, 6) is 0. The summed E-state index contributed by atoms with van der Waals surface area (Å²) in [6.07, 6.45) is 0. The topological polar surface area (TPSA) is 52.5 Å². The highest BCUT2D eigenvalue weighted by molar-refractivity contribution is 5.08. The molecule has 1 aliphatic rings. The molecule has 0 bridgehead atoms. The Morgan fingerprint density at radius 2 is 1.80 bits per heavy atom. The molecule has 0 radical (unpaired) electrons. The Kier molecular flexibility index (Phi) is 1.75. The minimum absolute atomic E-state index is 0.0590. The van der Waals surface area contributed by atoms with E-state index in [2.05, 4.69) is 5.32 Å². The third-order valence-corrected chi connectivity index (χ3v) is 2.80. The number of rotatable bonds is 2. The van der Waals surface area contributed by atoms with E-state index < -0.39 is 0 Å². The fourth-order valence-corrected chi connectivity index (χ4v) is 1.25. The molecule has 0 amide bonds. The molecule has 10 heavy (non-hydrogen) atoms. The molecule has 0 aromatic carbocycles. The number of nitrogens with one attached hydrogen (secondary N) is 1. The maximum atomic E-state index is 8.97. The zero-order valence-electron chi connectivity index (χ0n) is 6.52. The van der Waals surface area contributed by atoms with Crippen LogP contribution in [0.1, 0.15) is 13.8 Å². The third kappa shape index (κ3) is 0.779. The van der Waals surface area contributed by atoms with Crippen LogP contribution in [0.15, 0.2) is 0 Å². The summed E-state index contributed by atoms with van der Waals surface area (Å²) >= 11 is 0. The van der Waals surface area contributed by atoms with Gasteiger partial charge in [0.1, 0.15) is 0 Å². The van der Waals surface area contributed by atoms with Gasteiger partial charge in [-0.1, -0.05) is 0 Å². The lowest BCUT2D eigenvalue weighted by Crippen LogP contribution is -2.72. The van der Waals surface area contributed by atoms with Crippen LogP contribution in [0.25, 0.3) is 0 Å². The van der Waals surface area contributed by atoms with E-state index >= 15 is 0 Å². The summed E-state index contributed by atoms with van der Waals surface area (Å²) in [5, 5.41) is 21.1. The fourth-order valence-electron chi connectivity index (χ4n) is 1.25. The van der Waals surface area contributed by atoms with E-state index in [1.165, 1.54) is 0 Å². The summed E-state index contributed by atoms with van der Waals surface area (Å²) in [7, 11) is 0. The van der Waals surface area contributed by atoms with Gasteiger partial charge in [0.05, 0.1) is 13.2 Å². The molecule has 0 unspecified atom stereocenters. The van der Waals surface area contributed by atoms with Crippen molar-refractivity contribution in [1.82, 2.24) is 5.32 Å². The van der Waals surface area contributed by atoms with Crippen LogP contribution in [0.3, 0.4) is 0 Å². The van der Waals surface area contributed by atoms with Crippen LogP contribution in [0.5, 0.6) is 0 Å². The Labute approximate surface area is 61.1 Å². The molecule has 0 atom stereocenters. The number of aliphatic hydroxyl groups is 2. The van der Waals surface area contributed by atoms with Crippen molar-refractivity contribution in [3.05, 3.63) is 0 Å². The maximum absolute atomic E-state index is 8.97. The Morgan fingerprint density at radius 1 is 1.30 bits per heavy atom. The van der Waals surface area contributed by atoms with E-state index in [0.717, 1.165) is 0 Å². The fraction of sp³-hybridized carbons (Fsp3) is 1.00. The maximum Gasteiger partial charge on any atom is 0.0539 e. The summed E-state index contributed by atoms with van der Waals surface area (Å²) in [4.78, 5) is 0. The van der Waals surface area contributed by atoms with E-state index in [0.29, 0.717) is 6.54 Å². The first-order chi connectivity index (χ1) is 4.58. The first-order valence-corrected chi connectivity index (χ1v) is 3.55. The molecule has 60 valence electrons. The minimum Gasteiger partial charge on any atom is -0.396 e. The van der Waals surface area contributed by atoms with E-state index in [4.69, 9.17) is 10.2 Å². The van der Waals surface area contributed by atoms with Gasteiger partial charge in [-0.05, 0) is 13.8 Å². The second-order valence-electron chi connectivity index (χ2n) is 3.58. The van der Waals surface area contributed by atoms with Crippen molar-refractivity contribution in [2.75, 3.05) is 19.8 Å². The van der Waals surface area contributed by atoms with E-state index in [9.17, 15) is 0 Å². The summed E-state index contributed by atoms with van der Waals surface area (Å²) < 4.78 is 0. The van der Waals surface area contributed by atoms with Crippen molar-refractivity contribution in [2.45, 2.75) is 19.4 Å². The van der Waals surface area contributed by atoms with Gasteiger partial charge in [0.25, 0.3) is 0 Å². The zero-order valence-corrected chi connectivity index (χ0v) is 6.52. The van der Waals surface area contributed by atoms with Gasteiger partial charge in [-0.25, -0.2) is 0 Å². The van der Waals surface area contributed by atoms with Crippen molar-refractivity contribution in [2.24, 2.45) is 5.41 Å². The van der Waals surface area contributed by atoms with E-state index in [1.807, 2.05) is 13.8 Å². The van der Waals surface area contributed by atoms with Crippen molar-refractivity contribution in [3.63, 3.8) is 0 Å². The van der Waals surface area contributed by atoms with Gasteiger partial charge in [0.2, 0.25) is 0 Å². The summed E-state index contributed by atoms with van der Waals surface area (Å²) in [6, 6.07) is 0. The normalized spacial score (nSPS) is 27.6. The number of hydrogen-bond acceptors (Lipinski definition) is 3. The minimum atomic E-state index is -0.299. The second kappa shape index (κ2) is 2.19. The van der Waals surface area contributed by atoms with Gasteiger partial charge in [-0.3, -0.25) is 0 Å². The molecule has 1 heterocycles. The average molecular weight is 145 g/mol. The Balaban J connectivity index is 2.67. The Hall–Kier alpha value is -0.120. The highest BCUT2D eigenvalue weighted by Crippen LogP contribution is 2.37. The van der Waals surface area contributed by atoms with E-state index in [-0.39, 0.29) is 24.2 Å². The molecule has 1 rings (SSSR count). The molecule has 1 aliphatic heterocycles. The predicted molar refractivity (Wildman–Crippen MR) is 38.7 cm³/mol. The van der Waals surface area contributed by atoms with Gasteiger partial charge in [-0.2, -0.15) is 0 Å². The monoisotopic (exact) mass is 145 g/mol. The SMILES string of the molecule is CC1(C)NCC1(CO)CO. The summed E-state index contributed by atoms with van der Waals surface area (Å²) in [6.45, 7) is 4.81. The third-order valence-electron chi connectivity index (χ3n) is 2.80. The molecule has 0 aliphatic carbocycles. The van der Waals surface area contributed by atoms with Gasteiger partial charge in [0, 0.05) is 17.5 Å². The lowest BCUT2D eigenvalue weighted by Gasteiger charge is -2.55. The average Bonchev–Trinajstić information content (AvgIpc) is 1.89. The standard InChI is InChI=1S/C7H15NO2/c1-6(2)7(4-9,5-10)3-8-6/h8-10H,3-5H2,1-2H3. The molecule has 1 saturated heterocycles. The largest absolute Gasteiger partial charge is 0.396 e. The first kappa shape index (κ1) is 7.98. The molecular weight excluding hydrogens is 130 g/mol. The van der Waals surface area contributed by atoms with Gasteiger partial charge >= 0.3 is 0 Å². The van der Waals surface area contributed by atoms with Crippen molar-refractivity contribution in [1.29, 1.82) is 0 Å². The lowest BCUT2D eigenvalue weighted by atomic mass is 9.65. The molecule has 3 N–H and O–H groups in total. The van der Waals surface area contributed by atoms with Crippen LogP contribution in [0.4, 0.5) is 0 Å². The molecule has 0 spiro atoms. The number of hydrogen-bond donors (Lipinski definition) is 3. The highest BCUT2D eigenvalue weighted by Gasteiger charge is 2.51. The van der Waals surface area contributed by atoms with Crippen molar-refractivity contribution >= 4 is 0 Å². The molecule has 0 aromatic rings. The molecule has 0 aromatic heterocycles.